The summed E-state index contributed by atoms with van der Waals surface area (Å²) in [7, 11) is 0. The molecule has 34 heavy (non-hydrogen) atoms. The first kappa shape index (κ1) is 23.6. The van der Waals surface area contributed by atoms with Gasteiger partial charge in [-0.1, -0.05) is 24.3 Å². The fourth-order valence-corrected chi connectivity index (χ4v) is 4.78. The monoisotopic (exact) mass is 476 g/mol. The van der Waals surface area contributed by atoms with Gasteiger partial charge < -0.3 is 15.2 Å². The lowest BCUT2D eigenvalue weighted by atomic mass is 9.78. The highest BCUT2D eigenvalue weighted by atomic mass is 32.1. The molecule has 0 unspecified atom stereocenters. The van der Waals surface area contributed by atoms with Gasteiger partial charge in [-0.3, -0.25) is 14.4 Å². The first-order chi connectivity index (χ1) is 16.3. The minimum absolute atomic E-state index is 0.0217. The Morgan fingerprint density at radius 1 is 1.24 bits per heavy atom. The first-order valence-electron chi connectivity index (χ1n) is 11.3. The zero-order valence-corrected chi connectivity index (χ0v) is 20.4. The van der Waals surface area contributed by atoms with Crippen molar-refractivity contribution in [3.05, 3.63) is 64.8 Å². The summed E-state index contributed by atoms with van der Waals surface area (Å²) < 4.78 is 2.09. The molecule has 2 aromatic heterocycles. The van der Waals surface area contributed by atoms with E-state index >= 15 is 0 Å². The summed E-state index contributed by atoms with van der Waals surface area (Å²) in [4.78, 5) is 41.3. The zero-order valence-electron chi connectivity index (χ0n) is 19.6. The summed E-state index contributed by atoms with van der Waals surface area (Å²) >= 11 is 1.29. The number of nitrogens with zero attached hydrogens (tertiary/aromatic N) is 2. The van der Waals surface area contributed by atoms with Gasteiger partial charge in [-0.25, -0.2) is 4.98 Å². The predicted molar refractivity (Wildman–Crippen MR) is 135 cm³/mol. The molecule has 4 rings (SSSR count). The second-order valence-electron chi connectivity index (χ2n) is 8.78. The Balaban J connectivity index is 1.35. The third kappa shape index (κ3) is 5.02. The largest absolute Gasteiger partial charge is 0.348 e. The molecule has 1 aliphatic carbocycles. The van der Waals surface area contributed by atoms with Crippen LogP contribution in [0, 0.1) is 0 Å². The van der Waals surface area contributed by atoms with Crippen molar-refractivity contribution in [1.29, 1.82) is 0 Å². The molecule has 0 aliphatic heterocycles. The summed E-state index contributed by atoms with van der Waals surface area (Å²) in [5, 5.41) is 7.65. The fraction of sp³-hybridized carbons (Fsp3) is 0.308. The van der Waals surface area contributed by atoms with Crippen molar-refractivity contribution in [3.63, 3.8) is 0 Å². The van der Waals surface area contributed by atoms with Crippen LogP contribution in [0.25, 0.3) is 17.3 Å². The summed E-state index contributed by atoms with van der Waals surface area (Å²) in [6.45, 7) is 5.48. The first-order valence-corrected chi connectivity index (χ1v) is 12.2. The second kappa shape index (κ2) is 9.77. The molecule has 0 radical (unpaired) electrons. The van der Waals surface area contributed by atoms with Crippen molar-refractivity contribution in [1.82, 2.24) is 14.9 Å². The lowest BCUT2D eigenvalue weighted by Crippen LogP contribution is -2.36. The number of ketones is 1. The Morgan fingerprint density at radius 3 is 2.71 bits per heavy atom. The van der Waals surface area contributed by atoms with Crippen molar-refractivity contribution in [2.45, 2.75) is 45.6 Å². The standard InChI is InChI=1S/C26H28N4O3S/c1-4-6-18-7-8-19(13-21(18)17(2)31)22-16-34-25(28-22)29-23(32)14-27-24(33)20-9-12-30(15-20)26(3)10-5-11-26/h4,6-9,12-13,15-16H,5,10-11,14H2,1-3H3,(H,27,33)(H,28,29,32)/b6-4-. The van der Waals surface area contributed by atoms with Crippen LogP contribution >= 0.6 is 11.3 Å². The molecule has 1 saturated carbocycles. The van der Waals surface area contributed by atoms with E-state index in [0.717, 1.165) is 24.0 Å². The van der Waals surface area contributed by atoms with Crippen molar-refractivity contribution in [2.75, 3.05) is 11.9 Å². The Hall–Kier alpha value is -3.52. The number of nitrogens with one attached hydrogen (secondary N) is 2. The summed E-state index contributed by atoms with van der Waals surface area (Å²) in [6, 6.07) is 7.38. The quantitative estimate of drug-likeness (QED) is 0.442. The minimum Gasteiger partial charge on any atom is -0.348 e. The Bertz CT molecular complexity index is 1270. The molecule has 1 aromatic carbocycles. The molecule has 3 aromatic rings. The minimum atomic E-state index is -0.354. The molecule has 7 nitrogen and oxygen atoms in total. The number of benzene rings is 1. The SMILES string of the molecule is C/C=C\c1ccc(-c2csc(NC(=O)CNC(=O)c3ccn(C4(C)CCC4)c3)n2)cc1C(C)=O. The third-order valence-corrected chi connectivity index (χ3v) is 7.00. The van der Waals surface area contributed by atoms with Gasteiger partial charge in [0.2, 0.25) is 5.91 Å². The van der Waals surface area contributed by atoms with E-state index in [1.165, 1.54) is 24.7 Å². The van der Waals surface area contributed by atoms with E-state index in [9.17, 15) is 14.4 Å². The van der Waals surface area contributed by atoms with Crippen LogP contribution in [0.2, 0.25) is 0 Å². The van der Waals surface area contributed by atoms with Gasteiger partial charge in [0, 0.05) is 34.4 Å². The van der Waals surface area contributed by atoms with Crippen molar-refractivity contribution >= 4 is 40.1 Å². The normalized spacial score (nSPS) is 14.6. The van der Waals surface area contributed by atoms with Crippen LogP contribution in [-0.4, -0.2) is 33.7 Å². The molecule has 2 N–H and O–H groups in total. The van der Waals surface area contributed by atoms with Gasteiger partial charge in [-0.05, 0) is 57.7 Å². The summed E-state index contributed by atoms with van der Waals surface area (Å²) in [5.41, 5.74) is 3.59. The molecule has 0 spiro atoms. The summed E-state index contributed by atoms with van der Waals surface area (Å²) in [6.07, 6.45) is 11.0. The number of carbonyl (C=O) groups excluding carboxylic acids is 3. The van der Waals surface area contributed by atoms with Crippen molar-refractivity contribution in [2.24, 2.45) is 0 Å². The fourth-order valence-electron chi connectivity index (χ4n) is 4.05. The number of anilines is 1. The average Bonchev–Trinajstić information content (AvgIpc) is 3.46. The molecular formula is C26H28N4O3S. The van der Waals surface area contributed by atoms with Crippen LogP contribution < -0.4 is 10.6 Å². The number of aromatic nitrogens is 2. The number of rotatable bonds is 8. The van der Waals surface area contributed by atoms with Gasteiger partial charge in [0.25, 0.3) is 5.91 Å². The predicted octanol–water partition coefficient (Wildman–Crippen LogP) is 5.11. The highest BCUT2D eigenvalue weighted by Crippen LogP contribution is 2.38. The molecule has 1 aliphatic rings. The van der Waals surface area contributed by atoms with Gasteiger partial charge >= 0.3 is 0 Å². The summed E-state index contributed by atoms with van der Waals surface area (Å²) in [5.74, 6) is -0.659. The Morgan fingerprint density at radius 2 is 2.03 bits per heavy atom. The Kier molecular flexibility index (Phi) is 6.79. The van der Waals surface area contributed by atoms with Gasteiger partial charge in [0.1, 0.15) is 0 Å². The molecule has 0 atom stereocenters. The van der Waals surface area contributed by atoms with E-state index in [1.54, 1.807) is 6.07 Å². The number of allylic oxidation sites excluding steroid dienone is 1. The van der Waals surface area contributed by atoms with Crippen LogP contribution in [0.4, 0.5) is 5.13 Å². The van der Waals surface area contributed by atoms with Crippen molar-refractivity contribution in [3.8, 4) is 11.3 Å². The lowest BCUT2D eigenvalue weighted by Gasteiger charge is -2.40. The molecule has 2 amide bonds. The van der Waals surface area contributed by atoms with Gasteiger partial charge in [0.15, 0.2) is 10.9 Å². The van der Waals surface area contributed by atoms with Gasteiger partial charge in [-0.2, -0.15) is 0 Å². The van der Waals surface area contributed by atoms with Crippen LogP contribution in [0.5, 0.6) is 0 Å². The second-order valence-corrected chi connectivity index (χ2v) is 9.64. The number of Topliss-reactive ketones (excluding diaryl/α,β-unsaturated/α-hetero) is 1. The zero-order chi connectivity index (χ0) is 24.3. The molecule has 0 saturated heterocycles. The molecule has 0 bridgehead atoms. The van der Waals surface area contributed by atoms with Crippen LogP contribution in [0.15, 0.2) is 48.1 Å². The molecule has 176 valence electrons. The molecule has 8 heteroatoms. The van der Waals surface area contributed by atoms with Crippen LogP contribution in [0.3, 0.4) is 0 Å². The number of thiazole rings is 1. The molecule has 2 heterocycles. The van der Waals surface area contributed by atoms with E-state index in [-0.39, 0.29) is 29.7 Å². The molecule has 1 fully saturated rings. The number of hydrogen-bond donors (Lipinski definition) is 2. The van der Waals surface area contributed by atoms with E-state index in [4.69, 9.17) is 0 Å². The van der Waals surface area contributed by atoms with Crippen LogP contribution in [0.1, 0.15) is 66.3 Å². The smallest absolute Gasteiger partial charge is 0.253 e. The van der Waals surface area contributed by atoms with E-state index in [0.29, 0.717) is 22.0 Å². The van der Waals surface area contributed by atoms with Gasteiger partial charge in [-0.15, -0.1) is 11.3 Å². The number of carbonyl (C=O) groups is 3. The maximum absolute atomic E-state index is 12.4. The highest BCUT2D eigenvalue weighted by molar-refractivity contribution is 7.14. The average molecular weight is 477 g/mol. The topological polar surface area (TPSA) is 93.1 Å². The highest BCUT2D eigenvalue weighted by Gasteiger charge is 2.33. The third-order valence-electron chi connectivity index (χ3n) is 6.24. The van der Waals surface area contributed by atoms with E-state index in [2.05, 4.69) is 27.1 Å². The number of amides is 2. The maximum atomic E-state index is 12.4. The molecular weight excluding hydrogens is 448 g/mol. The van der Waals surface area contributed by atoms with E-state index in [1.807, 2.05) is 55.0 Å². The maximum Gasteiger partial charge on any atom is 0.253 e. The lowest BCUT2D eigenvalue weighted by molar-refractivity contribution is -0.115. The van der Waals surface area contributed by atoms with E-state index < -0.39 is 0 Å². The van der Waals surface area contributed by atoms with Crippen LogP contribution in [-0.2, 0) is 10.3 Å². The van der Waals surface area contributed by atoms with Crippen molar-refractivity contribution < 1.29 is 14.4 Å². The van der Waals surface area contributed by atoms with Gasteiger partial charge in [0.05, 0.1) is 17.8 Å². The number of hydrogen-bond acceptors (Lipinski definition) is 5. The Labute approximate surface area is 202 Å².